The summed E-state index contributed by atoms with van der Waals surface area (Å²) in [5.41, 5.74) is 5.00. The van der Waals surface area contributed by atoms with Crippen molar-refractivity contribution in [2.24, 2.45) is 0 Å². The van der Waals surface area contributed by atoms with Crippen LogP contribution in [0.15, 0.2) is 60.9 Å². The zero-order valence-corrected chi connectivity index (χ0v) is 16.6. The maximum Gasteiger partial charge on any atom is 0.336 e. The van der Waals surface area contributed by atoms with Crippen LogP contribution in [0.3, 0.4) is 0 Å². The number of aryl methyl sites for hydroxylation is 3. The van der Waals surface area contributed by atoms with Crippen molar-refractivity contribution in [2.45, 2.75) is 44.9 Å². The smallest absolute Gasteiger partial charge is 0.336 e. The van der Waals surface area contributed by atoms with Gasteiger partial charge in [0.2, 0.25) is 0 Å². The van der Waals surface area contributed by atoms with Crippen molar-refractivity contribution >= 4 is 5.97 Å². The van der Waals surface area contributed by atoms with Gasteiger partial charge in [-0.3, -0.25) is 4.98 Å². The van der Waals surface area contributed by atoms with E-state index in [1.165, 1.54) is 11.1 Å². The van der Waals surface area contributed by atoms with Crippen LogP contribution in [-0.2, 0) is 12.8 Å². The molecule has 1 N–H and O–H groups in total. The molecule has 3 aromatic rings. The molecule has 1 aliphatic carbocycles. The number of carboxylic acids is 1. The fraction of sp³-hybridized carbons (Fsp3) is 0.280. The van der Waals surface area contributed by atoms with E-state index in [9.17, 15) is 9.90 Å². The first-order chi connectivity index (χ1) is 14.1. The minimum absolute atomic E-state index is 0.359. The summed E-state index contributed by atoms with van der Waals surface area (Å²) in [5, 5.41) is 9.39. The Hall–Kier alpha value is -3.14. The second kappa shape index (κ2) is 8.48. The number of para-hydroxylation sites is 1. The van der Waals surface area contributed by atoms with E-state index in [1.54, 1.807) is 18.5 Å². The third kappa shape index (κ3) is 4.32. The van der Waals surface area contributed by atoms with E-state index in [1.807, 2.05) is 31.2 Å². The van der Waals surface area contributed by atoms with Gasteiger partial charge in [-0.05, 0) is 91.5 Å². The Morgan fingerprint density at radius 3 is 2.90 bits per heavy atom. The summed E-state index contributed by atoms with van der Waals surface area (Å²) in [6, 6.07) is 16.0. The van der Waals surface area contributed by atoms with Crippen LogP contribution < -0.4 is 4.74 Å². The largest absolute Gasteiger partial charge is 0.478 e. The average molecular weight is 387 g/mol. The maximum absolute atomic E-state index is 11.4. The van der Waals surface area contributed by atoms with Crippen LogP contribution in [-0.4, -0.2) is 16.1 Å². The molecule has 0 spiro atoms. The number of aromatic nitrogens is 1. The van der Waals surface area contributed by atoms with Crippen LogP contribution in [0.1, 0.15) is 57.8 Å². The first-order valence-electron chi connectivity index (χ1n) is 10.1. The van der Waals surface area contributed by atoms with Gasteiger partial charge in [-0.15, -0.1) is 0 Å². The molecule has 4 heteroatoms. The topological polar surface area (TPSA) is 59.4 Å². The predicted molar refractivity (Wildman–Crippen MR) is 113 cm³/mol. The van der Waals surface area contributed by atoms with Gasteiger partial charge in [0.25, 0.3) is 0 Å². The molecule has 1 atom stereocenters. The van der Waals surface area contributed by atoms with Gasteiger partial charge in [0.05, 0.1) is 5.56 Å². The average Bonchev–Trinajstić information content (AvgIpc) is 2.74. The molecule has 29 heavy (non-hydrogen) atoms. The Kier molecular flexibility index (Phi) is 5.61. The van der Waals surface area contributed by atoms with Crippen LogP contribution in [0, 0.1) is 6.92 Å². The van der Waals surface area contributed by atoms with Crippen molar-refractivity contribution in [3.8, 4) is 11.5 Å². The number of carboxylic acid groups (broad SMARTS) is 1. The summed E-state index contributed by atoms with van der Waals surface area (Å²) in [6.07, 6.45) is 8.21. The fourth-order valence-corrected chi connectivity index (χ4v) is 4.22. The second-order valence-corrected chi connectivity index (χ2v) is 7.69. The van der Waals surface area contributed by atoms with Gasteiger partial charge in [0, 0.05) is 12.4 Å². The van der Waals surface area contributed by atoms with Gasteiger partial charge in [-0.25, -0.2) is 4.79 Å². The lowest BCUT2D eigenvalue weighted by Crippen LogP contribution is -2.12. The SMILES string of the molecule is Cc1ccccc1Oc1ccc2c(c1)CCC[C@@H]2CCc1cnccc1C(=O)O. The molecule has 1 aliphatic rings. The summed E-state index contributed by atoms with van der Waals surface area (Å²) < 4.78 is 6.11. The molecule has 148 valence electrons. The van der Waals surface area contributed by atoms with Gasteiger partial charge in [-0.2, -0.15) is 0 Å². The highest BCUT2D eigenvalue weighted by atomic mass is 16.5. The van der Waals surface area contributed by atoms with E-state index >= 15 is 0 Å². The number of hydrogen-bond donors (Lipinski definition) is 1. The number of ether oxygens (including phenoxy) is 1. The molecule has 2 aromatic carbocycles. The lowest BCUT2D eigenvalue weighted by atomic mass is 9.79. The van der Waals surface area contributed by atoms with Crippen molar-refractivity contribution in [1.29, 1.82) is 0 Å². The molecule has 0 bridgehead atoms. The molecular formula is C25H25NO3. The third-order valence-electron chi connectivity index (χ3n) is 5.77. The number of carbonyl (C=O) groups is 1. The van der Waals surface area contributed by atoms with E-state index in [-0.39, 0.29) is 0 Å². The molecule has 4 rings (SSSR count). The minimum Gasteiger partial charge on any atom is -0.478 e. The molecule has 1 heterocycles. The monoisotopic (exact) mass is 387 g/mol. The highest BCUT2D eigenvalue weighted by Gasteiger charge is 2.22. The van der Waals surface area contributed by atoms with Crippen LogP contribution in [0.5, 0.6) is 11.5 Å². The van der Waals surface area contributed by atoms with E-state index in [0.717, 1.165) is 54.7 Å². The molecule has 0 amide bonds. The first-order valence-corrected chi connectivity index (χ1v) is 10.1. The first kappa shape index (κ1) is 19.2. The predicted octanol–water partition coefficient (Wildman–Crippen LogP) is 5.93. The van der Waals surface area contributed by atoms with Crippen molar-refractivity contribution in [1.82, 2.24) is 4.98 Å². The van der Waals surface area contributed by atoms with E-state index in [2.05, 4.69) is 23.2 Å². The molecule has 1 aromatic heterocycles. The molecule has 4 nitrogen and oxygen atoms in total. The van der Waals surface area contributed by atoms with Crippen molar-refractivity contribution in [2.75, 3.05) is 0 Å². The van der Waals surface area contributed by atoms with Crippen molar-refractivity contribution in [3.05, 3.63) is 88.7 Å². The van der Waals surface area contributed by atoms with Gasteiger partial charge in [-0.1, -0.05) is 24.3 Å². The zero-order valence-electron chi connectivity index (χ0n) is 16.6. The molecule has 0 radical (unpaired) electrons. The molecule has 0 saturated carbocycles. The van der Waals surface area contributed by atoms with Gasteiger partial charge in [0.15, 0.2) is 0 Å². The van der Waals surface area contributed by atoms with E-state index in [0.29, 0.717) is 11.5 Å². The third-order valence-corrected chi connectivity index (χ3v) is 5.77. The fourth-order valence-electron chi connectivity index (χ4n) is 4.22. The standard InChI is InChI=1S/C25H25NO3/c1-17-5-2-3-8-24(17)29-21-11-12-22-18(6-4-7-19(22)15-21)9-10-20-16-26-14-13-23(20)25(27)28/h2-3,5,8,11-16,18H,4,6-7,9-10H2,1H3,(H,27,28)/t18-/m1/s1. The summed E-state index contributed by atoms with van der Waals surface area (Å²) in [7, 11) is 0. The highest BCUT2D eigenvalue weighted by Crippen LogP contribution is 2.37. The van der Waals surface area contributed by atoms with Gasteiger partial charge < -0.3 is 9.84 Å². The molecular weight excluding hydrogens is 362 g/mol. The van der Waals surface area contributed by atoms with Crippen LogP contribution in [0.25, 0.3) is 0 Å². The number of benzene rings is 2. The Bertz CT molecular complexity index is 1030. The summed E-state index contributed by atoms with van der Waals surface area (Å²) in [6.45, 7) is 2.05. The normalized spacial score (nSPS) is 15.6. The lowest BCUT2D eigenvalue weighted by Gasteiger charge is -2.26. The molecule has 0 fully saturated rings. The quantitative estimate of drug-likeness (QED) is 0.569. The van der Waals surface area contributed by atoms with Crippen LogP contribution in [0.2, 0.25) is 0 Å². The molecule has 0 aliphatic heterocycles. The second-order valence-electron chi connectivity index (χ2n) is 7.69. The van der Waals surface area contributed by atoms with Crippen molar-refractivity contribution < 1.29 is 14.6 Å². The number of hydrogen-bond acceptors (Lipinski definition) is 3. The Morgan fingerprint density at radius 2 is 2.07 bits per heavy atom. The number of aromatic carboxylic acids is 1. The van der Waals surface area contributed by atoms with Crippen LogP contribution >= 0.6 is 0 Å². The van der Waals surface area contributed by atoms with Gasteiger partial charge >= 0.3 is 5.97 Å². The van der Waals surface area contributed by atoms with E-state index < -0.39 is 5.97 Å². The summed E-state index contributed by atoms with van der Waals surface area (Å²) >= 11 is 0. The Labute approximate surface area is 171 Å². The number of fused-ring (bicyclic) bond motifs is 1. The zero-order chi connectivity index (χ0) is 20.2. The number of rotatable bonds is 6. The Morgan fingerprint density at radius 1 is 1.21 bits per heavy atom. The van der Waals surface area contributed by atoms with Crippen molar-refractivity contribution in [3.63, 3.8) is 0 Å². The maximum atomic E-state index is 11.4. The van der Waals surface area contributed by atoms with Gasteiger partial charge in [0.1, 0.15) is 11.5 Å². The minimum atomic E-state index is -0.885. The lowest BCUT2D eigenvalue weighted by molar-refractivity contribution is 0.0695. The van der Waals surface area contributed by atoms with Crippen LogP contribution in [0.4, 0.5) is 0 Å². The van der Waals surface area contributed by atoms with E-state index in [4.69, 9.17) is 4.74 Å². The number of nitrogens with zero attached hydrogens (tertiary/aromatic N) is 1. The number of pyridine rings is 1. The Balaban J connectivity index is 1.50. The summed E-state index contributed by atoms with van der Waals surface area (Å²) in [4.78, 5) is 15.6. The summed E-state index contributed by atoms with van der Waals surface area (Å²) in [5.74, 6) is 1.31. The molecule has 0 saturated heterocycles. The molecule has 0 unspecified atom stereocenters. The highest BCUT2D eigenvalue weighted by molar-refractivity contribution is 5.89.